The molecule has 2 nitrogen and oxygen atoms in total. The number of terminal acetylenes is 1. The number of phenols is 1. The van der Waals surface area contributed by atoms with Crippen LogP contribution in [0.2, 0.25) is 0 Å². The molecule has 0 unspecified atom stereocenters. The topological polar surface area (TPSA) is 40.5 Å². The van der Waals surface area contributed by atoms with Crippen molar-refractivity contribution in [3.63, 3.8) is 0 Å². The van der Waals surface area contributed by atoms with Gasteiger partial charge in [0.2, 0.25) is 0 Å². The van der Waals surface area contributed by atoms with Crippen LogP contribution in [0.5, 0.6) is 5.75 Å². The Kier molecular flexibility index (Phi) is 3.13. The number of aryl methyl sites for hydroxylation is 2. The van der Waals surface area contributed by atoms with Crippen LogP contribution in [-0.2, 0) is 6.42 Å². The van der Waals surface area contributed by atoms with E-state index < -0.39 is 5.60 Å². The van der Waals surface area contributed by atoms with Crippen LogP contribution in [-0.4, -0.2) is 15.8 Å². The number of aliphatic hydroxyl groups is 1. The van der Waals surface area contributed by atoms with Gasteiger partial charge in [-0.05, 0) is 86.0 Å². The number of phenolic OH excluding ortho intramolecular Hbond substituents is 1. The summed E-state index contributed by atoms with van der Waals surface area (Å²) in [5, 5.41) is 21.0. The van der Waals surface area contributed by atoms with E-state index in [0.717, 1.165) is 44.1 Å². The van der Waals surface area contributed by atoms with E-state index in [-0.39, 0.29) is 5.41 Å². The second kappa shape index (κ2) is 4.77. The van der Waals surface area contributed by atoms with Gasteiger partial charge in [0.25, 0.3) is 0 Å². The normalized spacial score (nSPS) is 41.6. The summed E-state index contributed by atoms with van der Waals surface area (Å²) in [4.78, 5) is 0. The Morgan fingerprint density at radius 1 is 1.22 bits per heavy atom. The fourth-order valence-electron chi connectivity index (χ4n) is 5.98. The lowest BCUT2D eigenvalue weighted by atomic mass is 9.53. The predicted molar refractivity (Wildman–Crippen MR) is 91.2 cm³/mol. The summed E-state index contributed by atoms with van der Waals surface area (Å²) in [6, 6.07) is 4.17. The van der Waals surface area contributed by atoms with E-state index in [1.54, 1.807) is 0 Å². The molecule has 5 atom stereocenters. The molecule has 2 saturated carbocycles. The number of benzene rings is 1. The molecule has 2 fully saturated rings. The molecule has 0 amide bonds. The fourth-order valence-corrected chi connectivity index (χ4v) is 5.98. The maximum Gasteiger partial charge on any atom is 0.130 e. The van der Waals surface area contributed by atoms with Gasteiger partial charge in [-0.2, -0.15) is 0 Å². The largest absolute Gasteiger partial charge is 0.508 e. The van der Waals surface area contributed by atoms with E-state index in [4.69, 9.17) is 6.42 Å². The molecule has 0 heterocycles. The van der Waals surface area contributed by atoms with E-state index in [9.17, 15) is 10.2 Å². The molecule has 0 radical (unpaired) electrons. The van der Waals surface area contributed by atoms with E-state index >= 15 is 0 Å². The summed E-state index contributed by atoms with van der Waals surface area (Å²) in [6.07, 6.45) is 11.8. The molecule has 23 heavy (non-hydrogen) atoms. The summed E-state index contributed by atoms with van der Waals surface area (Å²) in [5.74, 6) is 4.86. The van der Waals surface area contributed by atoms with Crippen LogP contribution in [0.4, 0.5) is 0 Å². The van der Waals surface area contributed by atoms with Crippen molar-refractivity contribution in [2.75, 3.05) is 0 Å². The first-order valence-corrected chi connectivity index (χ1v) is 8.92. The number of hydrogen-bond acceptors (Lipinski definition) is 2. The minimum absolute atomic E-state index is 0.133. The van der Waals surface area contributed by atoms with Crippen molar-refractivity contribution in [3.05, 3.63) is 28.8 Å². The molecule has 0 saturated heterocycles. The molecule has 2 heteroatoms. The average Bonchev–Trinajstić information content (AvgIpc) is 2.81. The summed E-state index contributed by atoms with van der Waals surface area (Å²) in [5.41, 5.74) is 2.68. The molecule has 1 aromatic rings. The van der Waals surface area contributed by atoms with Gasteiger partial charge < -0.3 is 10.2 Å². The van der Waals surface area contributed by atoms with E-state index in [1.807, 2.05) is 13.0 Å². The number of hydrogen-bond donors (Lipinski definition) is 2. The van der Waals surface area contributed by atoms with Gasteiger partial charge in [-0.3, -0.25) is 0 Å². The number of rotatable bonds is 0. The molecule has 3 aliphatic carbocycles. The standard InChI is InChI=1S/C21H26O2/c1-4-21(23)10-8-18-16-6-5-14-12-19(22)13(2)11-17(14)15(16)7-9-20(18,21)3/h1,11-12,15-16,18,22-23H,5-10H2,2-3H3/t15-,16+,18-,20-,21-/m0/s1. The van der Waals surface area contributed by atoms with Crippen LogP contribution >= 0.6 is 0 Å². The highest BCUT2D eigenvalue weighted by atomic mass is 16.3. The zero-order valence-corrected chi connectivity index (χ0v) is 14.1. The quantitative estimate of drug-likeness (QED) is 0.713. The summed E-state index contributed by atoms with van der Waals surface area (Å²) in [7, 11) is 0. The molecule has 122 valence electrons. The van der Waals surface area contributed by atoms with Crippen LogP contribution in [0.25, 0.3) is 0 Å². The molecule has 3 aliphatic rings. The second-order valence-corrected chi connectivity index (χ2v) is 8.25. The van der Waals surface area contributed by atoms with Crippen molar-refractivity contribution in [1.29, 1.82) is 0 Å². The van der Waals surface area contributed by atoms with Gasteiger partial charge >= 0.3 is 0 Å². The molecular formula is C21H26O2. The van der Waals surface area contributed by atoms with Crippen LogP contribution < -0.4 is 0 Å². The van der Waals surface area contributed by atoms with E-state index in [1.165, 1.54) is 11.1 Å². The Morgan fingerprint density at radius 2 is 2.00 bits per heavy atom. The lowest BCUT2D eigenvalue weighted by molar-refractivity contribution is -0.0647. The van der Waals surface area contributed by atoms with Gasteiger partial charge in [0, 0.05) is 5.41 Å². The third-order valence-corrected chi connectivity index (χ3v) is 7.43. The maximum atomic E-state index is 11.0. The Morgan fingerprint density at radius 3 is 2.74 bits per heavy atom. The van der Waals surface area contributed by atoms with Crippen molar-refractivity contribution >= 4 is 0 Å². The van der Waals surface area contributed by atoms with E-state index in [2.05, 4.69) is 18.9 Å². The minimum atomic E-state index is -0.923. The van der Waals surface area contributed by atoms with E-state index in [0.29, 0.717) is 23.5 Å². The van der Waals surface area contributed by atoms with Gasteiger partial charge in [0.05, 0.1) is 0 Å². The lowest BCUT2D eigenvalue weighted by Crippen LogP contribution is -2.50. The first-order chi connectivity index (χ1) is 10.9. The number of fused-ring (bicyclic) bond motifs is 5. The molecule has 0 aromatic heterocycles. The number of aromatic hydroxyl groups is 1. The van der Waals surface area contributed by atoms with Crippen molar-refractivity contribution < 1.29 is 10.2 Å². The maximum absolute atomic E-state index is 11.0. The fraction of sp³-hybridized carbons (Fsp3) is 0.619. The Labute approximate surface area is 138 Å². The smallest absolute Gasteiger partial charge is 0.130 e. The van der Waals surface area contributed by atoms with Crippen LogP contribution in [0.1, 0.15) is 61.6 Å². The van der Waals surface area contributed by atoms with Crippen LogP contribution in [0.15, 0.2) is 12.1 Å². The first kappa shape index (κ1) is 15.1. The monoisotopic (exact) mass is 310 g/mol. The van der Waals surface area contributed by atoms with Crippen LogP contribution in [0.3, 0.4) is 0 Å². The van der Waals surface area contributed by atoms with Gasteiger partial charge in [-0.1, -0.05) is 18.9 Å². The molecule has 0 bridgehead atoms. The molecule has 1 aromatic carbocycles. The molecule has 4 rings (SSSR count). The van der Waals surface area contributed by atoms with Gasteiger partial charge in [-0.15, -0.1) is 6.42 Å². The van der Waals surface area contributed by atoms with Crippen molar-refractivity contribution in [3.8, 4) is 18.1 Å². The Hall–Kier alpha value is -1.46. The highest BCUT2D eigenvalue weighted by molar-refractivity contribution is 5.45. The minimum Gasteiger partial charge on any atom is -0.508 e. The SMILES string of the molecule is C#C[C@]1(O)CC[C@H]2[C@@H]3CCc4cc(O)c(C)cc4[C@H]3CC[C@@]21C. The summed E-state index contributed by atoms with van der Waals surface area (Å²) in [6.45, 7) is 4.21. The zero-order chi connectivity index (χ0) is 16.4. The molecule has 0 aliphatic heterocycles. The van der Waals surface area contributed by atoms with Gasteiger partial charge in [0.15, 0.2) is 0 Å². The summed E-state index contributed by atoms with van der Waals surface area (Å²) < 4.78 is 0. The third-order valence-electron chi connectivity index (χ3n) is 7.43. The first-order valence-electron chi connectivity index (χ1n) is 8.92. The predicted octanol–water partition coefficient (Wildman–Crippen LogP) is 3.92. The lowest BCUT2D eigenvalue weighted by Gasteiger charge is -2.52. The average molecular weight is 310 g/mol. The highest BCUT2D eigenvalue weighted by Gasteiger charge is 2.61. The van der Waals surface area contributed by atoms with Crippen molar-refractivity contribution in [2.45, 2.75) is 63.9 Å². The summed E-state index contributed by atoms with van der Waals surface area (Å²) >= 11 is 0. The molecule has 2 N–H and O–H groups in total. The Balaban J connectivity index is 1.74. The van der Waals surface area contributed by atoms with Crippen LogP contribution in [0, 0.1) is 36.5 Å². The second-order valence-electron chi connectivity index (χ2n) is 8.25. The molecular weight excluding hydrogens is 284 g/mol. The van der Waals surface area contributed by atoms with Crippen molar-refractivity contribution in [1.82, 2.24) is 0 Å². The third kappa shape index (κ3) is 1.86. The highest BCUT2D eigenvalue weighted by Crippen LogP contribution is 2.64. The molecule has 0 spiro atoms. The van der Waals surface area contributed by atoms with Gasteiger partial charge in [-0.25, -0.2) is 0 Å². The Bertz CT molecular complexity index is 701. The van der Waals surface area contributed by atoms with Gasteiger partial charge in [0.1, 0.15) is 11.4 Å². The van der Waals surface area contributed by atoms with Crippen molar-refractivity contribution in [2.24, 2.45) is 17.3 Å². The zero-order valence-electron chi connectivity index (χ0n) is 14.1.